The van der Waals surface area contributed by atoms with Crippen molar-refractivity contribution >= 4 is 0 Å². The lowest BCUT2D eigenvalue weighted by molar-refractivity contribution is -0.291. The molecule has 0 fully saturated rings. The number of rotatable bonds is 2. The van der Waals surface area contributed by atoms with Crippen LogP contribution in [0.2, 0.25) is 0 Å². The second kappa shape index (κ2) is 4.62. The van der Waals surface area contributed by atoms with Crippen molar-refractivity contribution in [3.05, 3.63) is 35.4 Å². The minimum atomic E-state index is -5.94. The molecule has 0 aliphatic carbocycles. The van der Waals surface area contributed by atoms with E-state index in [0.717, 1.165) is 0 Å². The topological polar surface area (TPSA) is 26.0 Å². The summed E-state index contributed by atoms with van der Waals surface area (Å²) in [6.07, 6.45) is -10.8. The first kappa shape index (κ1) is 15.7. The van der Waals surface area contributed by atoms with Crippen molar-refractivity contribution in [2.24, 2.45) is 5.73 Å². The van der Waals surface area contributed by atoms with Crippen molar-refractivity contribution in [1.82, 2.24) is 0 Å². The van der Waals surface area contributed by atoms with Crippen LogP contribution >= 0.6 is 0 Å². The first-order chi connectivity index (χ1) is 8.37. The smallest absolute Gasteiger partial charge is 0.319 e. The number of hydrogen-bond acceptors (Lipinski definition) is 1. The van der Waals surface area contributed by atoms with E-state index in [1.165, 1.54) is 0 Å². The maximum Gasteiger partial charge on any atom is 0.455 e. The molecule has 2 N–H and O–H groups in total. The zero-order chi connectivity index (χ0) is 15.1. The molecular weight excluding hydrogens is 286 g/mol. The zero-order valence-electron chi connectivity index (χ0n) is 8.99. The quantitative estimate of drug-likeness (QED) is 0.822. The maximum atomic E-state index is 12.9. The lowest BCUT2D eigenvalue weighted by Gasteiger charge is -2.26. The van der Waals surface area contributed by atoms with Crippen LogP contribution < -0.4 is 5.73 Å². The fourth-order valence-electron chi connectivity index (χ4n) is 1.29. The predicted molar refractivity (Wildman–Crippen MR) is 49.4 cm³/mol. The molecule has 0 spiro atoms. The Hall–Kier alpha value is -1.38. The minimum Gasteiger partial charge on any atom is -0.319 e. The van der Waals surface area contributed by atoms with Crippen LogP contribution in [0.15, 0.2) is 24.3 Å². The molecule has 0 amide bonds. The number of alkyl halides is 8. The first-order valence-electron chi connectivity index (χ1n) is 4.74. The molecule has 0 bridgehead atoms. The Morgan fingerprint density at radius 1 is 0.895 bits per heavy atom. The summed E-state index contributed by atoms with van der Waals surface area (Å²) >= 11 is 0. The summed E-state index contributed by atoms with van der Waals surface area (Å²) in [5, 5.41) is 0. The van der Waals surface area contributed by atoms with Gasteiger partial charge in [-0.05, 0) is 17.7 Å². The highest BCUT2D eigenvalue weighted by atomic mass is 19.4. The van der Waals surface area contributed by atoms with E-state index < -0.39 is 35.4 Å². The molecule has 0 aliphatic heterocycles. The Balaban J connectivity index is 3.18. The highest BCUT2D eigenvalue weighted by Gasteiger charge is 2.61. The van der Waals surface area contributed by atoms with Gasteiger partial charge >= 0.3 is 18.3 Å². The van der Waals surface area contributed by atoms with Crippen LogP contribution in [0.25, 0.3) is 0 Å². The molecule has 19 heavy (non-hydrogen) atoms. The van der Waals surface area contributed by atoms with Gasteiger partial charge < -0.3 is 5.73 Å². The van der Waals surface area contributed by atoms with Crippen LogP contribution in [0.5, 0.6) is 0 Å². The van der Waals surface area contributed by atoms with Gasteiger partial charge in [-0.3, -0.25) is 0 Å². The lowest BCUT2D eigenvalue weighted by atomic mass is 9.99. The van der Waals surface area contributed by atoms with Crippen LogP contribution in [-0.2, 0) is 6.18 Å². The Labute approximate surface area is 102 Å². The van der Waals surface area contributed by atoms with Gasteiger partial charge in [-0.15, -0.1) is 0 Å². The molecule has 0 unspecified atom stereocenters. The van der Waals surface area contributed by atoms with Crippen LogP contribution in [0, 0.1) is 0 Å². The van der Waals surface area contributed by atoms with E-state index in [1.54, 1.807) is 0 Å². The van der Waals surface area contributed by atoms with E-state index in [1.807, 2.05) is 0 Å². The molecule has 0 radical (unpaired) electrons. The Bertz CT molecular complexity index is 448. The summed E-state index contributed by atoms with van der Waals surface area (Å²) < 4.78 is 98.9. The molecule has 1 aromatic carbocycles. The summed E-state index contributed by atoms with van der Waals surface area (Å²) in [5.74, 6) is -5.32. The van der Waals surface area contributed by atoms with Gasteiger partial charge in [0.1, 0.15) is 6.04 Å². The van der Waals surface area contributed by atoms with E-state index in [9.17, 15) is 35.1 Å². The summed E-state index contributed by atoms with van der Waals surface area (Å²) in [7, 11) is 0. The molecule has 1 rings (SSSR count). The van der Waals surface area contributed by atoms with E-state index in [2.05, 4.69) is 0 Å². The van der Waals surface area contributed by atoms with Gasteiger partial charge in [0.2, 0.25) is 0 Å². The summed E-state index contributed by atoms with van der Waals surface area (Å²) in [6.45, 7) is 0. The van der Waals surface area contributed by atoms with Crippen molar-refractivity contribution in [2.45, 2.75) is 24.3 Å². The van der Waals surface area contributed by atoms with Crippen LogP contribution in [0.4, 0.5) is 35.1 Å². The molecule has 1 nitrogen and oxygen atoms in total. The molecule has 0 aromatic heterocycles. The summed E-state index contributed by atoms with van der Waals surface area (Å²) in [4.78, 5) is 0. The van der Waals surface area contributed by atoms with Gasteiger partial charge in [0.25, 0.3) is 0 Å². The van der Waals surface area contributed by atoms with Crippen molar-refractivity contribution in [2.75, 3.05) is 0 Å². The minimum absolute atomic E-state index is 0.171. The highest BCUT2D eigenvalue weighted by molar-refractivity contribution is 5.29. The molecule has 0 heterocycles. The van der Waals surface area contributed by atoms with E-state index >= 15 is 0 Å². The highest BCUT2D eigenvalue weighted by Crippen LogP contribution is 2.43. The third-order valence-electron chi connectivity index (χ3n) is 2.34. The predicted octanol–water partition coefficient (Wildman–Crippen LogP) is 3.90. The first-order valence-corrected chi connectivity index (χ1v) is 4.74. The Morgan fingerprint density at radius 3 is 1.84 bits per heavy atom. The van der Waals surface area contributed by atoms with Crippen LogP contribution in [0.3, 0.4) is 0 Å². The number of benzene rings is 1. The fraction of sp³-hybridized carbons (Fsp3) is 0.400. The van der Waals surface area contributed by atoms with Gasteiger partial charge in [0.15, 0.2) is 0 Å². The number of nitrogens with two attached hydrogens (primary N) is 1. The molecular formula is C10H7F8N. The second-order valence-electron chi connectivity index (χ2n) is 3.72. The van der Waals surface area contributed by atoms with Crippen LogP contribution in [-0.4, -0.2) is 12.1 Å². The number of hydrogen-bond donors (Lipinski definition) is 1. The van der Waals surface area contributed by atoms with E-state index in [-0.39, 0.29) is 6.07 Å². The number of halogens is 8. The van der Waals surface area contributed by atoms with E-state index in [4.69, 9.17) is 5.73 Å². The maximum absolute atomic E-state index is 12.9. The van der Waals surface area contributed by atoms with Crippen molar-refractivity contribution in [3.8, 4) is 0 Å². The lowest BCUT2D eigenvalue weighted by Crippen LogP contribution is -2.45. The van der Waals surface area contributed by atoms with Gasteiger partial charge in [0, 0.05) is 0 Å². The zero-order valence-corrected chi connectivity index (χ0v) is 8.99. The molecule has 1 atom stereocenters. The normalized spacial score (nSPS) is 15.4. The molecule has 108 valence electrons. The SMILES string of the molecule is N[C@@H](c1cccc(C(F)(F)F)c1)C(F)(F)C(F)(F)F. The average Bonchev–Trinajstić information content (AvgIpc) is 2.25. The van der Waals surface area contributed by atoms with Gasteiger partial charge in [-0.1, -0.05) is 12.1 Å². The fourth-order valence-corrected chi connectivity index (χ4v) is 1.29. The van der Waals surface area contributed by atoms with E-state index in [0.29, 0.717) is 18.2 Å². The van der Waals surface area contributed by atoms with Gasteiger partial charge in [-0.2, -0.15) is 35.1 Å². The second-order valence-corrected chi connectivity index (χ2v) is 3.72. The Morgan fingerprint density at radius 2 is 1.42 bits per heavy atom. The van der Waals surface area contributed by atoms with Crippen molar-refractivity contribution in [1.29, 1.82) is 0 Å². The Kier molecular flexibility index (Phi) is 3.81. The van der Waals surface area contributed by atoms with Crippen molar-refractivity contribution in [3.63, 3.8) is 0 Å². The van der Waals surface area contributed by atoms with Gasteiger partial charge in [-0.25, -0.2) is 0 Å². The third kappa shape index (κ3) is 3.14. The molecule has 0 saturated heterocycles. The average molecular weight is 293 g/mol. The van der Waals surface area contributed by atoms with Gasteiger partial charge in [0.05, 0.1) is 5.56 Å². The van der Waals surface area contributed by atoms with Crippen molar-refractivity contribution < 1.29 is 35.1 Å². The molecule has 9 heteroatoms. The molecule has 0 aliphatic rings. The molecule has 1 aromatic rings. The third-order valence-corrected chi connectivity index (χ3v) is 2.34. The van der Waals surface area contributed by atoms with Crippen LogP contribution in [0.1, 0.15) is 17.2 Å². The summed E-state index contributed by atoms with van der Waals surface area (Å²) in [5.41, 5.74) is 2.44. The monoisotopic (exact) mass is 293 g/mol. The molecule has 0 saturated carbocycles. The standard InChI is InChI=1S/C10H7F8N/c11-8(12,10(16,17)18)7(19)5-2-1-3-6(4-5)9(13,14)15/h1-4,7H,19H2/t7-/m0/s1. The summed E-state index contributed by atoms with van der Waals surface area (Å²) in [6, 6.07) is -0.800. The largest absolute Gasteiger partial charge is 0.455 e.